The minimum atomic E-state index is -1.63. The molecule has 0 radical (unpaired) electrons. The Bertz CT molecular complexity index is 1230. The lowest BCUT2D eigenvalue weighted by molar-refractivity contribution is -0.161. The summed E-state index contributed by atoms with van der Waals surface area (Å²) in [7, 11) is 0. The van der Waals surface area contributed by atoms with Crippen molar-refractivity contribution in [2.75, 3.05) is 6.61 Å². The highest BCUT2D eigenvalue weighted by Gasteiger charge is 2.74. The molecule has 0 unspecified atom stereocenters. The molecule has 2 fully saturated rings. The average molecular weight is 545 g/mol. The van der Waals surface area contributed by atoms with E-state index in [1.54, 1.807) is 34.6 Å². The number of carboxylic acids is 1. The Hall–Kier alpha value is -2.49. The van der Waals surface area contributed by atoms with Gasteiger partial charge in [0.1, 0.15) is 17.7 Å². The number of aliphatic hydroxyl groups excluding tert-OH is 3. The van der Waals surface area contributed by atoms with Gasteiger partial charge in [-0.1, -0.05) is 33.8 Å². The summed E-state index contributed by atoms with van der Waals surface area (Å²) in [6.45, 7) is 9.33. The lowest BCUT2D eigenvalue weighted by Gasteiger charge is -2.59. The molecule has 0 aromatic carbocycles. The lowest BCUT2D eigenvalue weighted by atomic mass is 9.42. The molecule has 9 nitrogen and oxygen atoms in total. The van der Waals surface area contributed by atoms with Crippen LogP contribution in [0.25, 0.3) is 0 Å². The molecule has 0 saturated heterocycles. The van der Waals surface area contributed by atoms with Crippen LogP contribution in [0.2, 0.25) is 0 Å². The molecular weight excluding hydrogens is 504 g/mol. The third kappa shape index (κ3) is 3.65. The van der Waals surface area contributed by atoms with Crippen molar-refractivity contribution in [1.29, 1.82) is 0 Å². The summed E-state index contributed by atoms with van der Waals surface area (Å²) in [6, 6.07) is 0. The summed E-state index contributed by atoms with van der Waals surface area (Å²) in [6.07, 6.45) is -1.05. The van der Waals surface area contributed by atoms with Gasteiger partial charge >= 0.3 is 5.97 Å². The van der Waals surface area contributed by atoms with Crippen molar-refractivity contribution in [3.05, 3.63) is 22.8 Å². The zero-order valence-electron chi connectivity index (χ0n) is 23.5. The third-order valence-corrected chi connectivity index (χ3v) is 11.5. The zero-order valence-corrected chi connectivity index (χ0v) is 23.5. The molecule has 0 heterocycles. The van der Waals surface area contributed by atoms with E-state index >= 15 is 0 Å². The van der Waals surface area contributed by atoms with Crippen LogP contribution < -0.4 is 0 Å². The maximum atomic E-state index is 14.1. The molecule has 0 aromatic rings. The Labute approximate surface area is 228 Å². The Kier molecular flexibility index (Phi) is 7.02. The first-order valence-electron chi connectivity index (χ1n) is 13.7. The molecule has 39 heavy (non-hydrogen) atoms. The topological polar surface area (TPSA) is 166 Å². The van der Waals surface area contributed by atoms with E-state index in [1.165, 1.54) is 13.0 Å². The monoisotopic (exact) mass is 544 g/mol. The van der Waals surface area contributed by atoms with Gasteiger partial charge in [0.05, 0.1) is 23.5 Å². The second kappa shape index (κ2) is 9.28. The summed E-state index contributed by atoms with van der Waals surface area (Å²) in [5, 5.41) is 42.0. The van der Waals surface area contributed by atoms with Crippen molar-refractivity contribution in [1.82, 2.24) is 0 Å². The molecule has 4 aliphatic carbocycles. The largest absolute Gasteiger partial charge is 0.478 e. The van der Waals surface area contributed by atoms with Gasteiger partial charge in [0, 0.05) is 46.8 Å². The highest BCUT2D eigenvalue weighted by molar-refractivity contribution is 6.18. The molecule has 0 aromatic heterocycles. The minimum Gasteiger partial charge on any atom is -0.478 e. The Balaban J connectivity index is 1.85. The molecule has 4 rings (SSSR count). The highest BCUT2D eigenvalue weighted by atomic mass is 16.4. The first kappa shape index (κ1) is 29.5. The molecule has 0 amide bonds. The van der Waals surface area contributed by atoms with Crippen LogP contribution in [-0.2, 0) is 24.0 Å². The Morgan fingerprint density at radius 2 is 1.67 bits per heavy atom. The number of Topliss-reactive ketones (excluding diaryl/α,β-unsaturated/α-hetero) is 4. The van der Waals surface area contributed by atoms with Crippen molar-refractivity contribution in [2.45, 2.75) is 85.9 Å². The number of carbonyl (C=O) groups is 5. The average Bonchev–Trinajstić information content (AvgIpc) is 3.10. The molecule has 9 heteroatoms. The molecule has 9 atom stereocenters. The summed E-state index contributed by atoms with van der Waals surface area (Å²) in [5.41, 5.74) is -4.80. The van der Waals surface area contributed by atoms with Crippen molar-refractivity contribution >= 4 is 29.1 Å². The number of rotatable bonds is 6. The maximum absolute atomic E-state index is 14.1. The predicted molar refractivity (Wildman–Crippen MR) is 139 cm³/mol. The van der Waals surface area contributed by atoms with E-state index in [0.717, 1.165) is 0 Å². The van der Waals surface area contributed by atoms with Crippen molar-refractivity contribution < 1.29 is 44.4 Å². The van der Waals surface area contributed by atoms with Crippen LogP contribution in [0.3, 0.4) is 0 Å². The van der Waals surface area contributed by atoms with Crippen molar-refractivity contribution in [3.63, 3.8) is 0 Å². The van der Waals surface area contributed by atoms with Crippen LogP contribution in [0, 0.1) is 39.4 Å². The van der Waals surface area contributed by atoms with Crippen LogP contribution in [0.1, 0.15) is 73.6 Å². The van der Waals surface area contributed by atoms with Gasteiger partial charge in [0.15, 0.2) is 11.6 Å². The number of aliphatic carboxylic acids is 1. The first-order valence-corrected chi connectivity index (χ1v) is 13.7. The fourth-order valence-electron chi connectivity index (χ4n) is 8.51. The number of carboxylic acid groups (broad SMARTS) is 1. The van der Waals surface area contributed by atoms with E-state index in [9.17, 15) is 39.3 Å². The number of hydrogen-bond acceptors (Lipinski definition) is 8. The van der Waals surface area contributed by atoms with E-state index in [1.807, 2.05) is 0 Å². The van der Waals surface area contributed by atoms with Gasteiger partial charge in [-0.25, -0.2) is 4.79 Å². The van der Waals surface area contributed by atoms with Crippen LogP contribution in [0.4, 0.5) is 0 Å². The maximum Gasteiger partial charge on any atom is 0.330 e. The molecule has 0 aliphatic heterocycles. The van der Waals surface area contributed by atoms with Crippen LogP contribution in [0.5, 0.6) is 0 Å². The fraction of sp³-hybridized carbons (Fsp3) is 0.700. The van der Waals surface area contributed by atoms with Gasteiger partial charge in [-0.2, -0.15) is 0 Å². The third-order valence-electron chi connectivity index (χ3n) is 11.5. The molecule has 0 bridgehead atoms. The predicted octanol–water partition coefficient (Wildman–Crippen LogP) is 2.20. The second-order valence-corrected chi connectivity index (χ2v) is 13.1. The van der Waals surface area contributed by atoms with Crippen LogP contribution >= 0.6 is 0 Å². The highest BCUT2D eigenvalue weighted by Crippen LogP contribution is 2.69. The van der Waals surface area contributed by atoms with Gasteiger partial charge in [-0.05, 0) is 44.4 Å². The van der Waals surface area contributed by atoms with E-state index in [2.05, 4.69) is 0 Å². The quantitative estimate of drug-likeness (QED) is 0.367. The van der Waals surface area contributed by atoms with Gasteiger partial charge in [0.2, 0.25) is 0 Å². The zero-order chi connectivity index (χ0) is 29.5. The van der Waals surface area contributed by atoms with Crippen LogP contribution in [0.15, 0.2) is 22.8 Å². The van der Waals surface area contributed by atoms with Gasteiger partial charge in [0.25, 0.3) is 0 Å². The molecular formula is C30H40O9. The van der Waals surface area contributed by atoms with E-state index in [-0.39, 0.29) is 60.4 Å². The second-order valence-electron chi connectivity index (χ2n) is 13.1. The summed E-state index contributed by atoms with van der Waals surface area (Å²) in [4.78, 5) is 66.0. The Morgan fingerprint density at radius 3 is 2.23 bits per heavy atom. The first-order chi connectivity index (χ1) is 17.9. The Morgan fingerprint density at radius 1 is 1.05 bits per heavy atom. The molecule has 4 N–H and O–H groups in total. The summed E-state index contributed by atoms with van der Waals surface area (Å²) >= 11 is 0. The van der Waals surface area contributed by atoms with Crippen molar-refractivity contribution in [3.8, 4) is 0 Å². The van der Waals surface area contributed by atoms with E-state index < -0.39 is 75.8 Å². The number of aliphatic hydroxyl groups is 3. The number of carbonyl (C=O) groups excluding carboxylic acids is 4. The molecule has 0 spiro atoms. The number of ketones is 4. The lowest BCUT2D eigenvalue weighted by Crippen LogP contribution is -2.64. The number of hydrogen-bond donors (Lipinski definition) is 4. The summed E-state index contributed by atoms with van der Waals surface area (Å²) in [5.74, 6) is -4.54. The van der Waals surface area contributed by atoms with Crippen LogP contribution in [-0.4, -0.2) is 68.3 Å². The van der Waals surface area contributed by atoms with Gasteiger partial charge in [-0.15, -0.1) is 0 Å². The number of allylic oxidation sites excluding steroid dienone is 1. The van der Waals surface area contributed by atoms with E-state index in [0.29, 0.717) is 0 Å². The van der Waals surface area contributed by atoms with Gasteiger partial charge < -0.3 is 20.4 Å². The summed E-state index contributed by atoms with van der Waals surface area (Å²) < 4.78 is 0. The molecule has 2 saturated carbocycles. The normalized spacial score (nSPS) is 42.2. The standard InChI is InChI=1S/C30H40O9/c1-14(26(38)39)7-8-17(32)15(2)16-11-21(35)30(6)22-18(33)12-19-27(3,10-9-20(34)28(19,4)13-31)23(22)24(36)25(37)29(16,30)5/h7,15-17,19,25,31-32,37H,8-13H2,1-6H3,(H,38,39)/b14-7-/t15-,16+,17-,19+,25+,27-,28+,29-,30-/m0/s1. The SMILES string of the molecule is C/C(=C/C[C@H](O)[C@@H](C)[C@H]1CC(=O)[C@@]2(C)C3=C(C(=O)[C@@H](O)[C@]12C)[C@@]1(C)CCC(=O)[C@](C)(CO)[C@@H]1CC3=O)C(=O)O. The fourth-order valence-corrected chi connectivity index (χ4v) is 8.51. The smallest absolute Gasteiger partial charge is 0.330 e. The number of fused-ring (bicyclic) bond motifs is 4. The van der Waals surface area contributed by atoms with E-state index in [4.69, 9.17) is 5.11 Å². The van der Waals surface area contributed by atoms with Crippen molar-refractivity contribution in [2.24, 2.45) is 39.4 Å². The van der Waals surface area contributed by atoms with Gasteiger partial charge in [-0.3, -0.25) is 19.2 Å². The molecule has 4 aliphatic rings. The minimum absolute atomic E-state index is 0.0151. The molecule has 214 valence electrons.